The Morgan fingerprint density at radius 2 is 0.836 bits per heavy atom. The molecule has 0 aromatic heterocycles. The first-order chi connectivity index (χ1) is 32.9. The Balaban J connectivity index is 1.07. The van der Waals surface area contributed by atoms with Gasteiger partial charge in [-0.15, -0.1) is 0 Å². The minimum Gasteiger partial charge on any atom is -0.452 e. The fourth-order valence-corrected chi connectivity index (χ4v) is 7.85. The number of hydrogen-bond acceptors (Lipinski definition) is 13. The highest BCUT2D eigenvalue weighted by Gasteiger charge is 2.53. The van der Waals surface area contributed by atoms with Crippen LogP contribution < -0.4 is 0 Å². The monoisotopic (exact) mass is 908 g/mol. The molecule has 346 valence electrons. The minimum atomic E-state index is -1.87. The number of benzene rings is 6. The third-order valence-corrected chi connectivity index (χ3v) is 11.3. The van der Waals surface area contributed by atoms with E-state index in [-0.39, 0.29) is 49.5 Å². The standard InChI is InChI=1S/C54H52O13/c55-51(40-25-13-4-14-26-40)65-48-45(64-54(58)50(67-53(57)42-29-17-6-18-30-42)49(48)66-52(56)41-27-15-5-16-28-41)36-61-46-31-43(60-33-38-21-9-2-10-22-38)47(62-34-39-23-11-3-12-24-39)44(63-46)35-59-32-37-19-7-1-8-20-37/h1-30,43-50,54,58H,31-36H2/t43-,44-,45-,46+,47+,48-,49+,50-,54+/m1/s1. The first-order valence-corrected chi connectivity index (χ1v) is 22.2. The molecule has 2 fully saturated rings. The van der Waals surface area contributed by atoms with Gasteiger partial charge in [-0.1, -0.05) is 146 Å². The summed E-state index contributed by atoms with van der Waals surface area (Å²) in [5.41, 5.74) is 3.41. The molecule has 9 atom stereocenters. The molecule has 0 aliphatic carbocycles. The van der Waals surface area contributed by atoms with Gasteiger partial charge in [0.05, 0.1) is 55.8 Å². The number of carbonyl (C=O) groups is 3. The topological polar surface area (TPSA) is 155 Å². The van der Waals surface area contributed by atoms with Gasteiger partial charge >= 0.3 is 17.9 Å². The van der Waals surface area contributed by atoms with Crippen LogP contribution in [0.2, 0.25) is 0 Å². The van der Waals surface area contributed by atoms with Gasteiger partial charge in [0.15, 0.2) is 30.9 Å². The first kappa shape index (κ1) is 47.0. The first-order valence-electron chi connectivity index (χ1n) is 22.2. The van der Waals surface area contributed by atoms with Crippen molar-refractivity contribution in [2.45, 2.75) is 81.5 Å². The molecule has 6 aromatic carbocycles. The maximum Gasteiger partial charge on any atom is 0.338 e. The van der Waals surface area contributed by atoms with Gasteiger partial charge in [-0.05, 0) is 53.1 Å². The van der Waals surface area contributed by atoms with E-state index in [2.05, 4.69) is 0 Å². The Morgan fingerprint density at radius 1 is 0.433 bits per heavy atom. The Hall–Kier alpha value is -6.55. The van der Waals surface area contributed by atoms with Crippen molar-refractivity contribution >= 4 is 17.9 Å². The Labute approximate surface area is 389 Å². The molecule has 6 aromatic rings. The normalized spacial score (nSPS) is 23.7. The second-order valence-corrected chi connectivity index (χ2v) is 16.0. The lowest BCUT2D eigenvalue weighted by Gasteiger charge is -2.44. The second-order valence-electron chi connectivity index (χ2n) is 16.0. The highest BCUT2D eigenvalue weighted by molar-refractivity contribution is 5.91. The van der Waals surface area contributed by atoms with Crippen molar-refractivity contribution in [2.24, 2.45) is 0 Å². The summed E-state index contributed by atoms with van der Waals surface area (Å²) in [7, 11) is 0. The van der Waals surface area contributed by atoms with Crippen LogP contribution in [-0.2, 0) is 62.5 Å². The van der Waals surface area contributed by atoms with E-state index >= 15 is 0 Å². The van der Waals surface area contributed by atoms with Gasteiger partial charge in [0.1, 0.15) is 18.3 Å². The van der Waals surface area contributed by atoms with Gasteiger partial charge in [0, 0.05) is 6.42 Å². The van der Waals surface area contributed by atoms with Crippen LogP contribution in [0.5, 0.6) is 0 Å². The van der Waals surface area contributed by atoms with Crippen molar-refractivity contribution in [3.8, 4) is 0 Å². The Bertz CT molecular complexity index is 2430. The molecule has 2 saturated heterocycles. The van der Waals surface area contributed by atoms with Crippen LogP contribution in [0, 0.1) is 0 Å². The summed E-state index contributed by atoms with van der Waals surface area (Å²) < 4.78 is 56.8. The molecule has 13 heteroatoms. The van der Waals surface area contributed by atoms with Gasteiger partial charge in [-0.2, -0.15) is 0 Å². The number of esters is 3. The molecule has 1 N–H and O–H groups in total. The zero-order chi connectivity index (χ0) is 46.2. The number of ether oxygens (including phenoxy) is 9. The Kier molecular flexibility index (Phi) is 16.7. The van der Waals surface area contributed by atoms with Crippen LogP contribution in [0.1, 0.15) is 54.2 Å². The second kappa shape index (κ2) is 23.8. The number of carbonyl (C=O) groups excluding carboxylic acids is 3. The predicted octanol–water partition coefficient (Wildman–Crippen LogP) is 7.90. The maximum absolute atomic E-state index is 13.9. The molecule has 13 nitrogen and oxygen atoms in total. The van der Waals surface area contributed by atoms with Gasteiger partial charge in [-0.25, -0.2) is 14.4 Å². The molecule has 2 heterocycles. The van der Waals surface area contributed by atoms with Gasteiger partial charge in [0.2, 0.25) is 0 Å². The fraction of sp³-hybridized carbons (Fsp3) is 0.278. The zero-order valence-corrected chi connectivity index (χ0v) is 36.6. The van der Waals surface area contributed by atoms with Crippen molar-refractivity contribution in [2.75, 3.05) is 13.2 Å². The molecule has 8 rings (SSSR count). The van der Waals surface area contributed by atoms with E-state index in [1.54, 1.807) is 78.9 Å². The highest BCUT2D eigenvalue weighted by atomic mass is 16.7. The summed E-state index contributed by atoms with van der Waals surface area (Å²) in [4.78, 5) is 41.2. The summed E-state index contributed by atoms with van der Waals surface area (Å²) >= 11 is 0. The van der Waals surface area contributed by atoms with Crippen molar-refractivity contribution in [1.82, 2.24) is 0 Å². The molecule has 0 amide bonds. The van der Waals surface area contributed by atoms with Crippen molar-refractivity contribution in [3.63, 3.8) is 0 Å². The van der Waals surface area contributed by atoms with Crippen LogP contribution in [0.4, 0.5) is 0 Å². The fourth-order valence-electron chi connectivity index (χ4n) is 7.85. The molecule has 67 heavy (non-hydrogen) atoms. The van der Waals surface area contributed by atoms with E-state index in [1.165, 1.54) is 12.1 Å². The molecule has 0 unspecified atom stereocenters. The van der Waals surface area contributed by atoms with E-state index in [0.29, 0.717) is 6.61 Å². The smallest absolute Gasteiger partial charge is 0.338 e. The summed E-state index contributed by atoms with van der Waals surface area (Å²) in [5.74, 6) is -2.45. The van der Waals surface area contributed by atoms with Gasteiger partial charge in [-0.3, -0.25) is 0 Å². The quantitative estimate of drug-likeness (QED) is 0.0619. The molecule has 2 aliphatic heterocycles. The molecule has 0 radical (unpaired) electrons. The molecule has 0 bridgehead atoms. The van der Waals surface area contributed by atoms with Crippen molar-refractivity contribution in [1.29, 1.82) is 0 Å². The van der Waals surface area contributed by atoms with E-state index in [4.69, 9.17) is 42.6 Å². The Morgan fingerprint density at radius 3 is 1.33 bits per heavy atom. The lowest BCUT2D eigenvalue weighted by atomic mass is 9.97. The van der Waals surface area contributed by atoms with Crippen LogP contribution in [-0.4, -0.2) is 91.5 Å². The largest absolute Gasteiger partial charge is 0.452 e. The average molecular weight is 909 g/mol. The van der Waals surface area contributed by atoms with Crippen LogP contribution in [0.3, 0.4) is 0 Å². The SMILES string of the molecule is O=C(O[C@@H]1[C@@H](OC(=O)c2ccccc2)[C@@H](O)O[C@H](CO[C@@H]2C[C@@H](OCc3ccccc3)[C@H](OCc3ccccc3)[C@@H](COCc3ccccc3)O2)[C@H]1OC(=O)c1ccccc1)c1ccccc1. The lowest BCUT2D eigenvalue weighted by Crippen LogP contribution is -2.62. The van der Waals surface area contributed by atoms with Crippen LogP contribution >= 0.6 is 0 Å². The molecule has 0 saturated carbocycles. The van der Waals surface area contributed by atoms with Crippen LogP contribution in [0.15, 0.2) is 182 Å². The van der Waals surface area contributed by atoms with Crippen LogP contribution in [0.25, 0.3) is 0 Å². The van der Waals surface area contributed by atoms with E-state index in [0.717, 1.165) is 16.7 Å². The summed E-state index contributed by atoms with van der Waals surface area (Å²) in [6, 6.07) is 53.8. The van der Waals surface area contributed by atoms with Gasteiger partial charge in [0.25, 0.3) is 0 Å². The molecular weight excluding hydrogens is 857 g/mol. The van der Waals surface area contributed by atoms with E-state index in [9.17, 15) is 19.5 Å². The molecule has 2 aliphatic rings. The maximum atomic E-state index is 13.9. The summed E-state index contributed by atoms with van der Waals surface area (Å²) in [5, 5.41) is 11.7. The summed E-state index contributed by atoms with van der Waals surface area (Å²) in [6.45, 7) is 0.623. The average Bonchev–Trinajstić information content (AvgIpc) is 3.38. The third kappa shape index (κ3) is 13.1. The van der Waals surface area contributed by atoms with E-state index in [1.807, 2.05) is 91.0 Å². The minimum absolute atomic E-state index is 0.112. The number of rotatable bonds is 19. The number of aliphatic hydroxyl groups excluding tert-OH is 1. The third-order valence-electron chi connectivity index (χ3n) is 11.3. The number of hydrogen-bond donors (Lipinski definition) is 1. The molecule has 0 spiro atoms. The lowest BCUT2D eigenvalue weighted by molar-refractivity contribution is -0.311. The number of aliphatic hydroxyl groups is 1. The zero-order valence-electron chi connectivity index (χ0n) is 36.6. The molecular formula is C54H52O13. The summed E-state index contributed by atoms with van der Waals surface area (Å²) in [6.07, 6.45) is -10.5. The van der Waals surface area contributed by atoms with Crippen molar-refractivity contribution in [3.05, 3.63) is 215 Å². The van der Waals surface area contributed by atoms with Crippen molar-refractivity contribution < 1.29 is 62.1 Å². The van der Waals surface area contributed by atoms with Gasteiger partial charge < -0.3 is 47.7 Å². The predicted molar refractivity (Wildman–Crippen MR) is 243 cm³/mol. The highest BCUT2D eigenvalue weighted by Crippen LogP contribution is 2.33. The van der Waals surface area contributed by atoms with E-state index < -0.39 is 73.2 Å².